The molecule has 0 saturated carbocycles. The lowest BCUT2D eigenvalue weighted by atomic mass is 10.1. The Bertz CT molecular complexity index is 1420. The van der Waals surface area contributed by atoms with E-state index in [0.717, 1.165) is 28.5 Å². The molecule has 1 unspecified atom stereocenters. The molecular weight excluding hydrogens is 455 g/mol. The van der Waals surface area contributed by atoms with Gasteiger partial charge in [0.05, 0.1) is 7.11 Å². The minimum absolute atomic E-state index is 0.0261. The summed E-state index contributed by atoms with van der Waals surface area (Å²) in [6.45, 7) is 0. The molecule has 8 heteroatoms. The van der Waals surface area contributed by atoms with Crippen molar-refractivity contribution in [1.82, 2.24) is 4.72 Å². The van der Waals surface area contributed by atoms with Gasteiger partial charge in [-0.3, -0.25) is 4.79 Å². The number of halogens is 1. The van der Waals surface area contributed by atoms with Gasteiger partial charge >= 0.3 is 0 Å². The molecule has 0 aromatic heterocycles. The zero-order chi connectivity index (χ0) is 24.1. The Hall–Kier alpha value is -3.75. The molecular formula is C26H23FN2O4S. The molecule has 0 fully saturated rings. The van der Waals surface area contributed by atoms with Crippen molar-refractivity contribution in [2.45, 2.75) is 17.4 Å². The number of hydrogen-bond acceptors (Lipinski definition) is 4. The molecule has 0 spiro atoms. The maximum absolute atomic E-state index is 13.9. The van der Waals surface area contributed by atoms with Crippen LogP contribution in [0.15, 0.2) is 95.9 Å². The number of rotatable bonds is 8. The number of anilines is 1. The molecule has 2 N–H and O–H groups in total. The number of fused-ring (bicyclic) bond motifs is 1. The van der Waals surface area contributed by atoms with Crippen LogP contribution in [0.5, 0.6) is 5.75 Å². The molecule has 0 bridgehead atoms. The van der Waals surface area contributed by atoms with E-state index in [1.807, 2.05) is 42.5 Å². The Balaban J connectivity index is 1.68. The molecule has 4 aromatic carbocycles. The minimum atomic E-state index is -4.30. The first-order chi connectivity index (χ1) is 16.4. The van der Waals surface area contributed by atoms with Crippen LogP contribution in [0.1, 0.15) is 5.56 Å². The quantitative estimate of drug-likeness (QED) is 0.390. The highest BCUT2D eigenvalue weighted by Crippen LogP contribution is 2.26. The van der Waals surface area contributed by atoms with Gasteiger partial charge < -0.3 is 10.1 Å². The summed E-state index contributed by atoms with van der Waals surface area (Å²) in [5, 5.41) is 4.61. The highest BCUT2D eigenvalue weighted by atomic mass is 32.2. The summed E-state index contributed by atoms with van der Waals surface area (Å²) in [5.74, 6) is -1.30. The van der Waals surface area contributed by atoms with E-state index >= 15 is 0 Å². The molecule has 4 aromatic rings. The standard InChI is InChI=1S/C26H23FN2O4S/c1-33-24-15-14-20(27)17-25(24)34(31,32)29-23(16-18-8-3-2-4-9-18)26(30)28-22-13-7-11-19-10-5-6-12-21(19)22/h2-15,17,23,29H,16H2,1H3,(H,28,30). The van der Waals surface area contributed by atoms with Crippen molar-refractivity contribution in [2.75, 3.05) is 12.4 Å². The maximum atomic E-state index is 13.9. The van der Waals surface area contributed by atoms with Gasteiger partial charge in [0.25, 0.3) is 0 Å². The van der Waals surface area contributed by atoms with E-state index < -0.39 is 27.8 Å². The summed E-state index contributed by atoms with van der Waals surface area (Å²) < 4.78 is 47.8. The number of benzene rings is 4. The van der Waals surface area contributed by atoms with Crippen LogP contribution in [-0.2, 0) is 21.2 Å². The van der Waals surface area contributed by atoms with Gasteiger partial charge in [-0.15, -0.1) is 0 Å². The number of carbonyl (C=O) groups excluding carboxylic acids is 1. The Morgan fingerprint density at radius 1 is 0.941 bits per heavy atom. The largest absolute Gasteiger partial charge is 0.495 e. The van der Waals surface area contributed by atoms with Crippen molar-refractivity contribution >= 4 is 32.4 Å². The van der Waals surface area contributed by atoms with Crippen LogP contribution in [0.3, 0.4) is 0 Å². The monoisotopic (exact) mass is 478 g/mol. The summed E-state index contributed by atoms with van der Waals surface area (Å²) in [6.07, 6.45) is 0.0916. The van der Waals surface area contributed by atoms with Crippen molar-refractivity contribution in [1.29, 1.82) is 0 Å². The predicted octanol–water partition coefficient (Wildman–Crippen LogP) is 4.52. The van der Waals surface area contributed by atoms with Crippen LogP contribution in [0, 0.1) is 5.82 Å². The lowest BCUT2D eigenvalue weighted by Gasteiger charge is -2.20. The second-order valence-electron chi connectivity index (χ2n) is 7.67. The molecule has 174 valence electrons. The van der Waals surface area contributed by atoms with Crippen molar-refractivity contribution in [3.8, 4) is 5.75 Å². The third-order valence-corrected chi connectivity index (χ3v) is 6.85. The van der Waals surface area contributed by atoms with E-state index in [9.17, 15) is 17.6 Å². The topological polar surface area (TPSA) is 84.5 Å². The van der Waals surface area contributed by atoms with E-state index in [4.69, 9.17) is 4.74 Å². The zero-order valence-electron chi connectivity index (χ0n) is 18.4. The fourth-order valence-electron chi connectivity index (χ4n) is 3.70. The first-order valence-electron chi connectivity index (χ1n) is 10.6. The second-order valence-corrected chi connectivity index (χ2v) is 9.36. The van der Waals surface area contributed by atoms with E-state index in [1.54, 1.807) is 30.3 Å². The fourth-order valence-corrected chi connectivity index (χ4v) is 5.08. The van der Waals surface area contributed by atoms with E-state index in [-0.39, 0.29) is 17.1 Å². The molecule has 6 nitrogen and oxygen atoms in total. The van der Waals surface area contributed by atoms with E-state index in [1.165, 1.54) is 13.2 Å². The summed E-state index contributed by atoms with van der Waals surface area (Å²) in [6, 6.07) is 24.1. The molecule has 0 aliphatic rings. The SMILES string of the molecule is COc1ccc(F)cc1S(=O)(=O)NC(Cc1ccccc1)C(=O)Nc1cccc2ccccc12. The van der Waals surface area contributed by atoms with E-state index in [0.29, 0.717) is 5.69 Å². The summed E-state index contributed by atoms with van der Waals surface area (Å²) in [5.41, 5.74) is 1.32. The van der Waals surface area contributed by atoms with Gasteiger partial charge in [-0.1, -0.05) is 66.7 Å². The molecule has 0 saturated heterocycles. The molecule has 4 rings (SSSR count). The smallest absolute Gasteiger partial charge is 0.245 e. The number of amides is 1. The Labute approximate surface area is 197 Å². The highest BCUT2D eigenvalue weighted by Gasteiger charge is 2.29. The summed E-state index contributed by atoms with van der Waals surface area (Å²) in [4.78, 5) is 13.0. The molecule has 0 aliphatic carbocycles. The van der Waals surface area contributed by atoms with Crippen LogP contribution >= 0.6 is 0 Å². The van der Waals surface area contributed by atoms with Crippen LogP contribution in [-0.4, -0.2) is 27.5 Å². The van der Waals surface area contributed by atoms with Crippen molar-refractivity contribution in [3.05, 3.63) is 102 Å². The average Bonchev–Trinajstić information content (AvgIpc) is 2.84. The number of carbonyl (C=O) groups is 1. The van der Waals surface area contributed by atoms with Crippen LogP contribution < -0.4 is 14.8 Å². The highest BCUT2D eigenvalue weighted by molar-refractivity contribution is 7.89. The van der Waals surface area contributed by atoms with Gasteiger partial charge in [0, 0.05) is 11.1 Å². The number of hydrogen-bond donors (Lipinski definition) is 2. The second kappa shape index (κ2) is 10.0. The summed E-state index contributed by atoms with van der Waals surface area (Å²) in [7, 11) is -3.01. The van der Waals surface area contributed by atoms with Gasteiger partial charge in [-0.05, 0) is 41.6 Å². The summed E-state index contributed by atoms with van der Waals surface area (Å²) >= 11 is 0. The van der Waals surface area contributed by atoms with Gasteiger partial charge in [0.2, 0.25) is 15.9 Å². The Morgan fingerprint density at radius 2 is 1.65 bits per heavy atom. The molecule has 0 heterocycles. The lowest BCUT2D eigenvalue weighted by molar-refractivity contribution is -0.117. The number of nitrogens with one attached hydrogen (secondary N) is 2. The fraction of sp³-hybridized carbons (Fsp3) is 0.115. The average molecular weight is 479 g/mol. The van der Waals surface area contributed by atoms with Crippen LogP contribution in [0.25, 0.3) is 10.8 Å². The van der Waals surface area contributed by atoms with Crippen LogP contribution in [0.4, 0.5) is 10.1 Å². The van der Waals surface area contributed by atoms with Gasteiger partial charge in [0.1, 0.15) is 22.5 Å². The molecule has 0 radical (unpaired) electrons. The van der Waals surface area contributed by atoms with Gasteiger partial charge in [0.15, 0.2) is 0 Å². The van der Waals surface area contributed by atoms with Crippen LogP contribution in [0.2, 0.25) is 0 Å². The third-order valence-electron chi connectivity index (χ3n) is 5.36. The normalized spacial score (nSPS) is 12.3. The first-order valence-corrected chi connectivity index (χ1v) is 12.0. The molecule has 0 aliphatic heterocycles. The van der Waals surface area contributed by atoms with E-state index in [2.05, 4.69) is 10.0 Å². The predicted molar refractivity (Wildman–Crippen MR) is 130 cm³/mol. The maximum Gasteiger partial charge on any atom is 0.245 e. The molecule has 34 heavy (non-hydrogen) atoms. The lowest BCUT2D eigenvalue weighted by Crippen LogP contribution is -2.45. The zero-order valence-corrected chi connectivity index (χ0v) is 19.2. The molecule has 1 atom stereocenters. The number of ether oxygens (including phenoxy) is 1. The van der Waals surface area contributed by atoms with Gasteiger partial charge in [-0.2, -0.15) is 4.72 Å². The van der Waals surface area contributed by atoms with Crippen molar-refractivity contribution in [2.24, 2.45) is 0 Å². The van der Waals surface area contributed by atoms with Gasteiger partial charge in [-0.25, -0.2) is 12.8 Å². The Kier molecular flexibility index (Phi) is 6.90. The Morgan fingerprint density at radius 3 is 2.41 bits per heavy atom. The van der Waals surface area contributed by atoms with Crippen molar-refractivity contribution < 1.29 is 22.3 Å². The van der Waals surface area contributed by atoms with Crippen molar-refractivity contribution in [3.63, 3.8) is 0 Å². The minimum Gasteiger partial charge on any atom is -0.495 e. The number of sulfonamides is 1. The first kappa shape index (κ1) is 23.4. The number of methoxy groups -OCH3 is 1. The third kappa shape index (κ3) is 5.24. The molecule has 1 amide bonds.